The van der Waals surface area contributed by atoms with Crippen molar-refractivity contribution in [1.29, 1.82) is 0 Å². The molecule has 0 aromatic rings. The van der Waals surface area contributed by atoms with E-state index in [9.17, 15) is 4.79 Å². The van der Waals surface area contributed by atoms with E-state index < -0.39 is 0 Å². The summed E-state index contributed by atoms with van der Waals surface area (Å²) >= 11 is 0. The highest BCUT2D eigenvalue weighted by molar-refractivity contribution is 5.66. The normalized spacial score (nSPS) is 8.83. The van der Waals surface area contributed by atoms with Gasteiger partial charge >= 0.3 is 5.97 Å². The zero-order valence-corrected chi connectivity index (χ0v) is 8.72. The predicted octanol–water partition coefficient (Wildman–Crippen LogP) is 2.00. The first kappa shape index (κ1) is 14.0. The summed E-state index contributed by atoms with van der Waals surface area (Å²) in [6.07, 6.45) is 0.0255. The van der Waals surface area contributed by atoms with Crippen molar-refractivity contribution in [3.8, 4) is 0 Å². The van der Waals surface area contributed by atoms with Crippen LogP contribution >= 0.6 is 0 Å². The molecule has 12 heavy (non-hydrogen) atoms. The average molecular weight is 176 g/mol. The van der Waals surface area contributed by atoms with Crippen LogP contribution in [0.1, 0.15) is 34.6 Å². The van der Waals surface area contributed by atoms with Gasteiger partial charge in [-0.3, -0.25) is 4.79 Å². The molecule has 0 heterocycles. The second kappa shape index (κ2) is 10.4. The molecule has 74 valence electrons. The van der Waals surface area contributed by atoms with E-state index in [2.05, 4.69) is 4.74 Å². The van der Waals surface area contributed by atoms with E-state index in [0.717, 1.165) is 13.2 Å². The van der Waals surface area contributed by atoms with Crippen LogP contribution in [-0.4, -0.2) is 25.3 Å². The molecular weight excluding hydrogens is 156 g/mol. The lowest BCUT2D eigenvalue weighted by Crippen LogP contribution is -2.06. The lowest BCUT2D eigenvalue weighted by atomic mass is 10.5. The topological polar surface area (TPSA) is 35.5 Å². The fraction of sp³-hybridized carbons (Fsp3) is 0.889. The molecule has 0 rings (SSSR count). The summed E-state index contributed by atoms with van der Waals surface area (Å²) in [5, 5.41) is 0. The van der Waals surface area contributed by atoms with Crippen LogP contribution in [0.2, 0.25) is 0 Å². The maximum atomic E-state index is 10.0. The molecule has 0 saturated carbocycles. The summed E-state index contributed by atoms with van der Waals surface area (Å²) in [7, 11) is 0. The van der Waals surface area contributed by atoms with Crippen LogP contribution in [0.15, 0.2) is 0 Å². The van der Waals surface area contributed by atoms with Crippen LogP contribution in [0.4, 0.5) is 0 Å². The number of carbonyl (C=O) groups is 1. The van der Waals surface area contributed by atoms with Crippen LogP contribution in [0.25, 0.3) is 0 Å². The van der Waals surface area contributed by atoms with Gasteiger partial charge in [0.2, 0.25) is 0 Å². The van der Waals surface area contributed by atoms with Crippen LogP contribution < -0.4 is 0 Å². The zero-order chi connectivity index (χ0) is 9.98. The van der Waals surface area contributed by atoms with Gasteiger partial charge in [-0.15, -0.1) is 0 Å². The molecule has 0 saturated heterocycles. The van der Waals surface area contributed by atoms with Gasteiger partial charge in [0.05, 0.1) is 6.10 Å². The van der Waals surface area contributed by atoms with Crippen molar-refractivity contribution < 1.29 is 14.3 Å². The third-order valence-electron chi connectivity index (χ3n) is 0.810. The molecular formula is C9H20O3. The van der Waals surface area contributed by atoms with E-state index in [4.69, 9.17) is 4.74 Å². The van der Waals surface area contributed by atoms with E-state index in [-0.39, 0.29) is 12.1 Å². The van der Waals surface area contributed by atoms with E-state index >= 15 is 0 Å². The molecule has 0 aromatic heterocycles. The van der Waals surface area contributed by atoms with Gasteiger partial charge in [-0.25, -0.2) is 0 Å². The lowest BCUT2D eigenvalue weighted by Gasteiger charge is -2.01. The first-order valence-electron chi connectivity index (χ1n) is 4.29. The molecule has 3 nitrogen and oxygen atoms in total. The highest BCUT2D eigenvalue weighted by atomic mass is 16.5. The number of hydrogen-bond donors (Lipinski definition) is 0. The molecule has 0 aromatic carbocycles. The highest BCUT2D eigenvalue weighted by Gasteiger charge is 1.93. The SMILES string of the molecule is CC(=O)OC(C)C.CCOCC. The van der Waals surface area contributed by atoms with Crippen molar-refractivity contribution in [2.75, 3.05) is 13.2 Å². The Morgan fingerprint density at radius 2 is 1.67 bits per heavy atom. The van der Waals surface area contributed by atoms with Gasteiger partial charge in [0.25, 0.3) is 0 Å². The Morgan fingerprint density at radius 3 is 1.67 bits per heavy atom. The number of ether oxygens (including phenoxy) is 2. The minimum Gasteiger partial charge on any atom is -0.463 e. The van der Waals surface area contributed by atoms with Crippen molar-refractivity contribution >= 4 is 5.97 Å². The third-order valence-corrected chi connectivity index (χ3v) is 0.810. The van der Waals surface area contributed by atoms with Crippen LogP contribution in [0, 0.1) is 0 Å². The van der Waals surface area contributed by atoms with Gasteiger partial charge in [-0.05, 0) is 27.7 Å². The molecule has 0 aliphatic carbocycles. The summed E-state index contributed by atoms with van der Waals surface area (Å²) < 4.78 is 9.44. The van der Waals surface area contributed by atoms with E-state index in [1.807, 2.05) is 27.7 Å². The summed E-state index contributed by atoms with van der Waals surface area (Å²) in [6, 6.07) is 0. The molecule has 0 spiro atoms. The third kappa shape index (κ3) is 22.7. The average Bonchev–Trinajstić information content (AvgIpc) is 1.87. The first-order chi connectivity index (χ1) is 5.54. The Balaban J connectivity index is 0. The molecule has 0 bridgehead atoms. The molecule has 0 atom stereocenters. The van der Waals surface area contributed by atoms with Crippen molar-refractivity contribution in [3.63, 3.8) is 0 Å². The summed E-state index contributed by atoms with van der Waals surface area (Å²) in [4.78, 5) is 10.0. The van der Waals surface area contributed by atoms with Crippen molar-refractivity contribution in [2.45, 2.75) is 40.7 Å². The summed E-state index contributed by atoms with van der Waals surface area (Å²) in [6.45, 7) is 10.7. The fourth-order valence-corrected chi connectivity index (χ4v) is 0.536. The Morgan fingerprint density at radius 1 is 1.25 bits per heavy atom. The maximum absolute atomic E-state index is 10.0. The maximum Gasteiger partial charge on any atom is 0.302 e. The first-order valence-corrected chi connectivity index (χ1v) is 4.29. The molecule has 0 radical (unpaired) electrons. The quantitative estimate of drug-likeness (QED) is 0.617. The van der Waals surface area contributed by atoms with Crippen LogP contribution in [0.3, 0.4) is 0 Å². The summed E-state index contributed by atoms with van der Waals surface area (Å²) in [5.41, 5.74) is 0. The minimum atomic E-state index is -0.213. The second-order valence-corrected chi connectivity index (χ2v) is 2.44. The van der Waals surface area contributed by atoms with Gasteiger partial charge in [0, 0.05) is 20.1 Å². The van der Waals surface area contributed by atoms with Gasteiger partial charge in [-0.2, -0.15) is 0 Å². The van der Waals surface area contributed by atoms with Crippen LogP contribution in [-0.2, 0) is 14.3 Å². The largest absolute Gasteiger partial charge is 0.463 e. The number of rotatable bonds is 3. The van der Waals surface area contributed by atoms with E-state index in [1.165, 1.54) is 6.92 Å². The molecule has 0 fully saturated rings. The fourth-order valence-electron chi connectivity index (χ4n) is 0.536. The molecule has 0 aliphatic heterocycles. The van der Waals surface area contributed by atoms with Crippen LogP contribution in [0.5, 0.6) is 0 Å². The Hall–Kier alpha value is -0.570. The standard InChI is InChI=1S/C5H10O2.C4H10O/c1-4(2)7-5(3)6;1-3-5-4-2/h4H,1-3H3;3-4H2,1-2H3. The molecule has 3 heteroatoms. The monoisotopic (exact) mass is 176 g/mol. The van der Waals surface area contributed by atoms with Gasteiger partial charge < -0.3 is 9.47 Å². The molecule has 0 unspecified atom stereocenters. The number of hydrogen-bond acceptors (Lipinski definition) is 3. The zero-order valence-electron chi connectivity index (χ0n) is 8.72. The van der Waals surface area contributed by atoms with Crippen molar-refractivity contribution in [3.05, 3.63) is 0 Å². The molecule has 0 N–H and O–H groups in total. The molecule has 0 aliphatic rings. The Kier molecular flexibility index (Phi) is 12.2. The smallest absolute Gasteiger partial charge is 0.302 e. The summed E-state index contributed by atoms with van der Waals surface area (Å²) in [5.74, 6) is -0.213. The second-order valence-electron chi connectivity index (χ2n) is 2.44. The van der Waals surface area contributed by atoms with Gasteiger partial charge in [0.15, 0.2) is 0 Å². The van der Waals surface area contributed by atoms with E-state index in [1.54, 1.807) is 0 Å². The molecule has 0 amide bonds. The van der Waals surface area contributed by atoms with Gasteiger partial charge in [0.1, 0.15) is 0 Å². The van der Waals surface area contributed by atoms with E-state index in [0.29, 0.717) is 0 Å². The minimum absolute atomic E-state index is 0.0255. The lowest BCUT2D eigenvalue weighted by molar-refractivity contribution is -0.144. The Bertz CT molecular complexity index is 97.9. The number of carbonyl (C=O) groups excluding carboxylic acids is 1. The highest BCUT2D eigenvalue weighted by Crippen LogP contribution is 1.85. The number of esters is 1. The van der Waals surface area contributed by atoms with Gasteiger partial charge in [-0.1, -0.05) is 0 Å². The Labute approximate surface area is 75.1 Å². The predicted molar refractivity (Wildman–Crippen MR) is 49.1 cm³/mol. The van der Waals surface area contributed by atoms with Crippen molar-refractivity contribution in [1.82, 2.24) is 0 Å². The van der Waals surface area contributed by atoms with Crippen molar-refractivity contribution in [2.24, 2.45) is 0 Å².